The first kappa shape index (κ1) is 15.3. The molecule has 0 bridgehead atoms. The van der Waals surface area contributed by atoms with Gasteiger partial charge in [0, 0.05) is 10.3 Å². The van der Waals surface area contributed by atoms with Crippen LogP contribution in [0.5, 0.6) is 0 Å². The highest BCUT2D eigenvalue weighted by molar-refractivity contribution is 8.00. The van der Waals surface area contributed by atoms with Gasteiger partial charge in [0.2, 0.25) is 0 Å². The number of fused-ring (bicyclic) bond motifs is 3. The number of Topliss-reactive ketones (excluding diaryl/α,β-unsaturated/α-hetero) is 1. The van der Waals surface area contributed by atoms with E-state index in [9.17, 15) is 4.79 Å². The van der Waals surface area contributed by atoms with Gasteiger partial charge in [-0.15, -0.1) is 22.7 Å². The first-order valence-electron chi connectivity index (χ1n) is 7.67. The minimum atomic E-state index is 0.175. The molecule has 118 valence electrons. The maximum Gasteiger partial charge on any atom is 0.183 e. The van der Waals surface area contributed by atoms with Crippen molar-refractivity contribution in [2.45, 2.75) is 31.2 Å². The van der Waals surface area contributed by atoms with Crippen LogP contribution >= 0.6 is 34.4 Å². The summed E-state index contributed by atoms with van der Waals surface area (Å²) in [6.45, 7) is 2.31. The third kappa shape index (κ3) is 2.95. The molecule has 0 radical (unpaired) electrons. The quantitative estimate of drug-likeness (QED) is 0.379. The standard InChI is InChI=1S/C17H16N2OS3/c1-10-4-5-11-14(7-10)23-17-15(11)16(18-9-19-17)22-8-12(20)13-3-2-6-21-13/h2-3,6,9-10H,4-5,7-8H2,1H3/t10-/m0/s1. The maximum atomic E-state index is 12.2. The lowest BCUT2D eigenvalue weighted by atomic mass is 9.89. The molecule has 3 nitrogen and oxygen atoms in total. The van der Waals surface area contributed by atoms with Crippen molar-refractivity contribution in [1.29, 1.82) is 0 Å². The number of aromatic nitrogens is 2. The van der Waals surface area contributed by atoms with Crippen LogP contribution in [0.1, 0.15) is 33.5 Å². The summed E-state index contributed by atoms with van der Waals surface area (Å²) in [6, 6.07) is 3.80. The van der Waals surface area contributed by atoms with Crippen molar-refractivity contribution in [3.05, 3.63) is 39.2 Å². The number of ketones is 1. The van der Waals surface area contributed by atoms with Crippen LogP contribution in [-0.4, -0.2) is 21.5 Å². The molecule has 3 heterocycles. The highest BCUT2D eigenvalue weighted by atomic mass is 32.2. The van der Waals surface area contributed by atoms with Gasteiger partial charge in [-0.2, -0.15) is 0 Å². The van der Waals surface area contributed by atoms with Gasteiger partial charge in [-0.1, -0.05) is 24.8 Å². The van der Waals surface area contributed by atoms with Crippen molar-refractivity contribution in [3.8, 4) is 0 Å². The molecule has 0 N–H and O–H groups in total. The van der Waals surface area contributed by atoms with Gasteiger partial charge in [-0.25, -0.2) is 9.97 Å². The molecule has 3 aromatic heterocycles. The molecule has 6 heteroatoms. The molecule has 23 heavy (non-hydrogen) atoms. The van der Waals surface area contributed by atoms with Crippen LogP contribution in [-0.2, 0) is 12.8 Å². The van der Waals surface area contributed by atoms with E-state index in [1.807, 2.05) is 17.5 Å². The summed E-state index contributed by atoms with van der Waals surface area (Å²) in [5, 5.41) is 4.10. The summed E-state index contributed by atoms with van der Waals surface area (Å²) in [4.78, 5) is 24.5. The van der Waals surface area contributed by atoms with E-state index in [-0.39, 0.29) is 5.78 Å². The molecule has 0 fully saturated rings. The van der Waals surface area contributed by atoms with Gasteiger partial charge in [0.25, 0.3) is 0 Å². The lowest BCUT2D eigenvalue weighted by Gasteiger charge is -2.18. The minimum absolute atomic E-state index is 0.175. The van der Waals surface area contributed by atoms with Gasteiger partial charge >= 0.3 is 0 Å². The van der Waals surface area contributed by atoms with Crippen LogP contribution in [0.15, 0.2) is 28.9 Å². The second-order valence-electron chi connectivity index (χ2n) is 5.90. The number of carbonyl (C=O) groups is 1. The van der Waals surface area contributed by atoms with Crippen LogP contribution in [0.3, 0.4) is 0 Å². The van der Waals surface area contributed by atoms with Crippen molar-refractivity contribution in [1.82, 2.24) is 9.97 Å². The van der Waals surface area contributed by atoms with Crippen molar-refractivity contribution in [2.75, 3.05) is 5.75 Å². The van der Waals surface area contributed by atoms with E-state index in [0.717, 1.165) is 33.5 Å². The lowest BCUT2D eigenvalue weighted by molar-refractivity contribution is 0.102. The van der Waals surface area contributed by atoms with Crippen LogP contribution < -0.4 is 0 Å². The fourth-order valence-electron chi connectivity index (χ4n) is 3.00. The summed E-state index contributed by atoms with van der Waals surface area (Å²) in [5.74, 6) is 1.36. The number of hydrogen-bond donors (Lipinski definition) is 0. The second kappa shape index (κ2) is 6.34. The number of carbonyl (C=O) groups excluding carboxylic acids is 1. The molecule has 0 spiro atoms. The fraction of sp³-hybridized carbons (Fsp3) is 0.353. The average molecular weight is 361 g/mol. The summed E-state index contributed by atoms with van der Waals surface area (Å²) < 4.78 is 0. The van der Waals surface area contributed by atoms with E-state index < -0.39 is 0 Å². The molecule has 3 aromatic rings. The molecule has 1 aliphatic carbocycles. The smallest absolute Gasteiger partial charge is 0.183 e. The number of thioether (sulfide) groups is 1. The number of aryl methyl sites for hydroxylation is 1. The van der Waals surface area contributed by atoms with E-state index in [4.69, 9.17) is 0 Å². The van der Waals surface area contributed by atoms with Crippen LogP contribution in [0.2, 0.25) is 0 Å². The fourth-order valence-corrected chi connectivity index (χ4v) is 6.08. The maximum absolute atomic E-state index is 12.2. The van der Waals surface area contributed by atoms with Gasteiger partial charge in [-0.05, 0) is 42.2 Å². The lowest BCUT2D eigenvalue weighted by Crippen LogP contribution is -2.08. The SMILES string of the molecule is C[C@H]1CCc2c(sc3ncnc(SCC(=O)c4cccs4)c23)C1. The molecule has 0 amide bonds. The number of thiophene rings is 2. The summed E-state index contributed by atoms with van der Waals surface area (Å²) >= 11 is 4.85. The zero-order chi connectivity index (χ0) is 15.8. The Morgan fingerprint density at radius 1 is 1.43 bits per heavy atom. The number of rotatable bonds is 4. The molecule has 1 atom stereocenters. The van der Waals surface area contributed by atoms with Gasteiger partial charge in [-0.3, -0.25) is 4.79 Å². The molecular weight excluding hydrogens is 344 g/mol. The molecular formula is C17H16N2OS3. The molecule has 0 aliphatic heterocycles. The van der Waals surface area contributed by atoms with E-state index in [1.165, 1.54) is 33.6 Å². The highest BCUT2D eigenvalue weighted by Crippen LogP contribution is 2.40. The van der Waals surface area contributed by atoms with Crippen LogP contribution in [0.25, 0.3) is 10.2 Å². The van der Waals surface area contributed by atoms with Crippen molar-refractivity contribution >= 4 is 50.4 Å². The van der Waals surface area contributed by atoms with Crippen molar-refractivity contribution in [3.63, 3.8) is 0 Å². The third-order valence-corrected chi connectivity index (χ3v) is 7.26. The largest absolute Gasteiger partial charge is 0.292 e. The van der Waals surface area contributed by atoms with Gasteiger partial charge in [0.15, 0.2) is 5.78 Å². The molecule has 0 unspecified atom stereocenters. The normalized spacial score (nSPS) is 17.3. The molecule has 0 saturated heterocycles. The summed E-state index contributed by atoms with van der Waals surface area (Å²) in [7, 11) is 0. The second-order valence-corrected chi connectivity index (χ2v) is 8.90. The number of nitrogens with zero attached hydrogens (tertiary/aromatic N) is 2. The van der Waals surface area contributed by atoms with E-state index in [0.29, 0.717) is 5.75 Å². The Kier molecular flexibility index (Phi) is 4.22. The van der Waals surface area contributed by atoms with Crippen molar-refractivity contribution in [2.24, 2.45) is 5.92 Å². The Morgan fingerprint density at radius 2 is 2.35 bits per heavy atom. The Bertz CT molecular complexity index is 854. The molecule has 4 rings (SSSR count). The zero-order valence-corrected chi connectivity index (χ0v) is 15.2. The average Bonchev–Trinajstić information content (AvgIpc) is 3.19. The monoisotopic (exact) mass is 360 g/mol. The predicted molar refractivity (Wildman–Crippen MR) is 98.0 cm³/mol. The first-order chi connectivity index (χ1) is 11.2. The Morgan fingerprint density at radius 3 is 3.17 bits per heavy atom. The Hall–Kier alpha value is -1.24. The van der Waals surface area contributed by atoms with Gasteiger partial charge in [0.05, 0.1) is 10.6 Å². The predicted octanol–water partition coefficient (Wildman–Crippen LogP) is 4.85. The third-order valence-electron chi connectivity index (χ3n) is 4.19. The molecule has 0 aromatic carbocycles. The first-order valence-corrected chi connectivity index (χ1v) is 10.4. The molecule has 1 aliphatic rings. The Balaban J connectivity index is 1.64. The van der Waals surface area contributed by atoms with Crippen molar-refractivity contribution < 1.29 is 4.79 Å². The van der Waals surface area contributed by atoms with Gasteiger partial charge in [0.1, 0.15) is 16.2 Å². The number of hydrogen-bond acceptors (Lipinski definition) is 6. The van der Waals surface area contributed by atoms with E-state index in [1.54, 1.807) is 29.4 Å². The van der Waals surface area contributed by atoms with E-state index >= 15 is 0 Å². The molecule has 0 saturated carbocycles. The van der Waals surface area contributed by atoms with Gasteiger partial charge < -0.3 is 0 Å². The summed E-state index contributed by atoms with van der Waals surface area (Å²) in [5.41, 5.74) is 1.43. The minimum Gasteiger partial charge on any atom is -0.292 e. The summed E-state index contributed by atoms with van der Waals surface area (Å²) in [6.07, 6.45) is 5.11. The topological polar surface area (TPSA) is 42.9 Å². The van der Waals surface area contributed by atoms with Crippen LogP contribution in [0.4, 0.5) is 0 Å². The highest BCUT2D eigenvalue weighted by Gasteiger charge is 2.23. The van der Waals surface area contributed by atoms with E-state index in [2.05, 4.69) is 16.9 Å². The zero-order valence-electron chi connectivity index (χ0n) is 12.7. The van der Waals surface area contributed by atoms with Crippen LogP contribution in [0, 0.1) is 5.92 Å². The Labute approximate surface area is 147 Å².